The first-order valence-corrected chi connectivity index (χ1v) is 10.9. The van der Waals surface area contributed by atoms with Crippen LogP contribution in [0.2, 0.25) is 5.15 Å². The molecule has 4 aromatic rings. The molecule has 0 saturated heterocycles. The molecule has 1 aromatic carbocycles. The molecule has 0 radical (unpaired) electrons. The summed E-state index contributed by atoms with van der Waals surface area (Å²) in [5, 5.41) is 7.95. The van der Waals surface area contributed by atoms with Crippen molar-refractivity contribution in [3.05, 3.63) is 53.2 Å². The molecule has 162 valence electrons. The molecule has 0 unspecified atom stereocenters. The molecule has 0 aliphatic heterocycles. The number of halogens is 3. The monoisotopic (exact) mass is 463 g/mol. The van der Waals surface area contributed by atoms with E-state index in [2.05, 4.69) is 20.4 Å². The van der Waals surface area contributed by atoms with Crippen LogP contribution in [0.1, 0.15) is 17.9 Å². The van der Waals surface area contributed by atoms with Gasteiger partial charge in [-0.1, -0.05) is 23.5 Å². The van der Waals surface area contributed by atoms with Gasteiger partial charge in [-0.25, -0.2) is 23.4 Å². The highest BCUT2D eigenvalue weighted by Gasteiger charge is 2.21. The number of fused-ring (bicyclic) bond motifs is 1. The van der Waals surface area contributed by atoms with Crippen molar-refractivity contribution in [1.82, 2.24) is 24.3 Å². The molecule has 31 heavy (non-hydrogen) atoms. The Hall–Kier alpha value is -2.85. The molecule has 0 aliphatic carbocycles. The Morgan fingerprint density at radius 3 is 2.58 bits per heavy atom. The average molecular weight is 464 g/mol. The fourth-order valence-electron chi connectivity index (χ4n) is 3.26. The van der Waals surface area contributed by atoms with Crippen LogP contribution in [0.25, 0.3) is 16.9 Å². The van der Waals surface area contributed by atoms with Crippen molar-refractivity contribution >= 4 is 51.8 Å². The quantitative estimate of drug-likeness (QED) is 0.300. The Balaban J connectivity index is 1.82. The van der Waals surface area contributed by atoms with Crippen LogP contribution in [0, 0.1) is 6.92 Å². The topological polar surface area (TPSA) is 63.8 Å². The van der Waals surface area contributed by atoms with E-state index in [9.17, 15) is 8.78 Å². The second-order valence-corrected chi connectivity index (χ2v) is 8.20. The Kier molecular flexibility index (Phi) is 5.76. The number of anilines is 3. The first-order chi connectivity index (χ1) is 14.8. The number of imidazole rings is 1. The van der Waals surface area contributed by atoms with Gasteiger partial charge in [0.1, 0.15) is 10.7 Å². The van der Waals surface area contributed by atoms with Crippen molar-refractivity contribution in [2.24, 2.45) is 7.05 Å². The summed E-state index contributed by atoms with van der Waals surface area (Å²) in [5.41, 5.74) is 4.56. The molecule has 1 N–H and O–H groups in total. The molecule has 11 heteroatoms. The smallest absolute Gasteiger partial charge is 0.295 e. The van der Waals surface area contributed by atoms with Gasteiger partial charge in [0, 0.05) is 32.6 Å². The number of benzene rings is 1. The van der Waals surface area contributed by atoms with E-state index in [0.717, 1.165) is 22.8 Å². The lowest BCUT2D eigenvalue weighted by atomic mass is 10.2. The SMILES string of the molecule is CSN(C)c1cc(-n2ccc(C)n2)ccc1Nc1cc(Cl)nc2c1nc(C(F)F)n2C. The third kappa shape index (κ3) is 4.05. The molecular weight excluding hydrogens is 444 g/mol. The highest BCUT2D eigenvalue weighted by atomic mass is 35.5. The summed E-state index contributed by atoms with van der Waals surface area (Å²) in [5.74, 6) is -0.362. The van der Waals surface area contributed by atoms with Crippen molar-refractivity contribution in [3.8, 4) is 5.69 Å². The summed E-state index contributed by atoms with van der Waals surface area (Å²) in [7, 11) is 3.44. The van der Waals surface area contributed by atoms with Crippen LogP contribution < -0.4 is 9.62 Å². The summed E-state index contributed by atoms with van der Waals surface area (Å²) in [6, 6.07) is 9.34. The second kappa shape index (κ2) is 8.35. The first-order valence-electron chi connectivity index (χ1n) is 9.31. The third-order valence-electron chi connectivity index (χ3n) is 4.88. The fraction of sp³-hybridized carbons (Fsp3) is 0.250. The van der Waals surface area contributed by atoms with Gasteiger partial charge in [0.05, 0.1) is 28.4 Å². The molecule has 0 amide bonds. The van der Waals surface area contributed by atoms with Crippen LogP contribution in [0.5, 0.6) is 0 Å². The zero-order valence-corrected chi connectivity index (χ0v) is 18.8. The Morgan fingerprint density at radius 1 is 1.16 bits per heavy atom. The lowest BCUT2D eigenvalue weighted by Crippen LogP contribution is -2.09. The van der Waals surface area contributed by atoms with Gasteiger partial charge in [0.25, 0.3) is 6.43 Å². The molecule has 0 spiro atoms. The first kappa shape index (κ1) is 21.4. The number of nitrogens with one attached hydrogen (secondary N) is 1. The van der Waals surface area contributed by atoms with Gasteiger partial charge in [-0.3, -0.25) is 0 Å². The number of aromatic nitrogens is 5. The van der Waals surface area contributed by atoms with Crippen molar-refractivity contribution < 1.29 is 8.78 Å². The number of hydrogen-bond donors (Lipinski definition) is 1. The molecule has 0 atom stereocenters. The van der Waals surface area contributed by atoms with E-state index in [1.807, 2.05) is 55.0 Å². The highest BCUT2D eigenvalue weighted by Crippen LogP contribution is 2.36. The van der Waals surface area contributed by atoms with Crippen LogP contribution in [0.15, 0.2) is 36.5 Å². The number of nitrogens with zero attached hydrogens (tertiary/aromatic N) is 6. The van der Waals surface area contributed by atoms with Crippen LogP contribution >= 0.6 is 23.5 Å². The largest absolute Gasteiger partial charge is 0.352 e. The van der Waals surface area contributed by atoms with E-state index in [4.69, 9.17) is 11.6 Å². The zero-order chi connectivity index (χ0) is 22.3. The van der Waals surface area contributed by atoms with Crippen LogP contribution in [-0.2, 0) is 7.05 Å². The van der Waals surface area contributed by atoms with E-state index < -0.39 is 6.43 Å². The summed E-state index contributed by atoms with van der Waals surface area (Å²) < 4.78 is 31.8. The predicted octanol–water partition coefficient (Wildman–Crippen LogP) is 5.51. The average Bonchev–Trinajstić information content (AvgIpc) is 3.31. The van der Waals surface area contributed by atoms with Gasteiger partial charge in [-0.15, -0.1) is 0 Å². The van der Waals surface area contributed by atoms with Gasteiger partial charge in [0.15, 0.2) is 11.5 Å². The van der Waals surface area contributed by atoms with Crippen molar-refractivity contribution in [3.63, 3.8) is 0 Å². The molecule has 7 nitrogen and oxygen atoms in total. The molecule has 0 bridgehead atoms. The summed E-state index contributed by atoms with van der Waals surface area (Å²) in [4.78, 5) is 8.28. The van der Waals surface area contributed by atoms with Crippen molar-refractivity contribution in [1.29, 1.82) is 0 Å². The van der Waals surface area contributed by atoms with E-state index >= 15 is 0 Å². The Bertz CT molecular complexity index is 1250. The number of alkyl halides is 2. The van der Waals surface area contributed by atoms with Crippen molar-refractivity contribution in [2.75, 3.05) is 22.9 Å². The van der Waals surface area contributed by atoms with E-state index in [1.165, 1.54) is 23.6 Å². The minimum absolute atomic E-state index is 0.183. The zero-order valence-electron chi connectivity index (χ0n) is 17.3. The van der Waals surface area contributed by atoms with E-state index in [0.29, 0.717) is 11.2 Å². The molecule has 3 aromatic heterocycles. The number of pyridine rings is 1. The number of rotatable bonds is 6. The lowest BCUT2D eigenvalue weighted by molar-refractivity contribution is 0.137. The maximum atomic E-state index is 13.4. The van der Waals surface area contributed by atoms with E-state index in [1.54, 1.807) is 10.7 Å². The highest BCUT2D eigenvalue weighted by molar-refractivity contribution is 7.99. The molecule has 4 rings (SSSR count). The summed E-state index contributed by atoms with van der Waals surface area (Å²) in [6.45, 7) is 1.93. The molecule has 0 saturated carbocycles. The Morgan fingerprint density at radius 2 is 1.94 bits per heavy atom. The van der Waals surface area contributed by atoms with Crippen molar-refractivity contribution in [2.45, 2.75) is 13.3 Å². The Labute approximate surface area is 187 Å². The standard InChI is InChI=1S/C20H20ClF2N7S/c1-11-7-8-30(27-11)12-5-6-13(15(9-12)29(3)31-4)24-14-10-16(21)25-19-17(14)26-20(18(22)23)28(19)2/h5-10,18H,1-4H3,(H,24,25). The van der Waals surface area contributed by atoms with Crippen LogP contribution in [0.3, 0.4) is 0 Å². The summed E-state index contributed by atoms with van der Waals surface area (Å²) in [6.07, 6.45) is 1.14. The molecule has 3 heterocycles. The molecular formula is C20H20ClF2N7S. The fourth-order valence-corrected chi connectivity index (χ4v) is 3.79. The lowest BCUT2D eigenvalue weighted by Gasteiger charge is -2.21. The van der Waals surface area contributed by atoms with Crippen LogP contribution in [0.4, 0.5) is 25.8 Å². The number of aryl methyl sites for hydroxylation is 2. The van der Waals surface area contributed by atoms with Gasteiger partial charge < -0.3 is 14.2 Å². The summed E-state index contributed by atoms with van der Waals surface area (Å²) >= 11 is 7.72. The third-order valence-corrected chi connectivity index (χ3v) is 5.81. The van der Waals surface area contributed by atoms with E-state index in [-0.39, 0.29) is 16.6 Å². The minimum Gasteiger partial charge on any atom is -0.352 e. The van der Waals surface area contributed by atoms with Gasteiger partial charge in [0.2, 0.25) is 0 Å². The number of hydrogen-bond acceptors (Lipinski definition) is 6. The normalized spacial score (nSPS) is 11.5. The van der Waals surface area contributed by atoms with Gasteiger partial charge in [-0.05, 0) is 31.2 Å². The van der Waals surface area contributed by atoms with Gasteiger partial charge in [-0.2, -0.15) is 5.10 Å². The second-order valence-electron chi connectivity index (χ2n) is 6.90. The maximum Gasteiger partial charge on any atom is 0.295 e. The minimum atomic E-state index is -2.72. The maximum absolute atomic E-state index is 13.4. The molecule has 0 aliphatic rings. The van der Waals surface area contributed by atoms with Gasteiger partial charge >= 0.3 is 0 Å². The molecule has 0 fully saturated rings. The predicted molar refractivity (Wildman–Crippen MR) is 122 cm³/mol. The van der Waals surface area contributed by atoms with Crippen LogP contribution in [-0.4, -0.2) is 37.6 Å².